The number of rotatable bonds is 0. The molecule has 0 amide bonds. The topological polar surface area (TPSA) is 12.9 Å². The molecule has 0 unspecified atom stereocenters. The van der Waals surface area contributed by atoms with Gasteiger partial charge >= 0.3 is 0 Å². The van der Waals surface area contributed by atoms with Crippen LogP contribution in [0, 0.1) is 6.92 Å². The summed E-state index contributed by atoms with van der Waals surface area (Å²) in [5.41, 5.74) is 0. The van der Waals surface area contributed by atoms with E-state index >= 15 is 0 Å². The van der Waals surface area contributed by atoms with E-state index in [4.69, 9.17) is 11.6 Å². The molecule has 12 heavy (non-hydrogen) atoms. The molecule has 0 spiro atoms. The van der Waals surface area contributed by atoms with E-state index in [2.05, 4.69) is 33.9 Å². The fraction of sp³-hybridized carbons (Fsp3) is 0.125. The molecule has 2 aromatic heterocycles. The molecule has 0 bridgehead atoms. The normalized spacial score (nSPS) is 10.9. The summed E-state index contributed by atoms with van der Waals surface area (Å²) in [6, 6.07) is 3.92. The Balaban J connectivity index is 2.88. The predicted molar refractivity (Wildman–Crippen MR) is 57.1 cm³/mol. The largest absolute Gasteiger partial charge is 0.225 e. The number of fused-ring (bicyclic) bond motifs is 1. The van der Waals surface area contributed by atoms with Gasteiger partial charge in [-0.05, 0) is 35.0 Å². The number of pyridine rings is 1. The van der Waals surface area contributed by atoms with E-state index in [-0.39, 0.29) is 0 Å². The first kappa shape index (κ1) is 8.48. The van der Waals surface area contributed by atoms with Crippen molar-refractivity contribution in [2.45, 2.75) is 6.92 Å². The second kappa shape index (κ2) is 2.98. The summed E-state index contributed by atoms with van der Waals surface area (Å²) in [4.78, 5) is 6.45. The Hall–Kier alpha value is -0.120. The van der Waals surface area contributed by atoms with Crippen LogP contribution in [0.2, 0.25) is 5.15 Å². The summed E-state index contributed by atoms with van der Waals surface area (Å²) < 4.78 is 1.02. The molecule has 4 heteroatoms. The van der Waals surface area contributed by atoms with E-state index in [0.717, 1.165) is 14.7 Å². The number of nitrogens with zero attached hydrogens (tertiary/aromatic N) is 1. The van der Waals surface area contributed by atoms with Gasteiger partial charge in [0.2, 0.25) is 0 Å². The van der Waals surface area contributed by atoms with Gasteiger partial charge in [0, 0.05) is 14.7 Å². The van der Waals surface area contributed by atoms with Crippen molar-refractivity contribution >= 4 is 49.1 Å². The average molecular weight is 263 g/mol. The van der Waals surface area contributed by atoms with Crippen LogP contribution in [-0.4, -0.2) is 4.98 Å². The summed E-state index contributed by atoms with van der Waals surface area (Å²) >= 11 is 10.9. The van der Waals surface area contributed by atoms with Gasteiger partial charge in [0.05, 0.1) is 0 Å². The van der Waals surface area contributed by atoms with Gasteiger partial charge in [-0.25, -0.2) is 4.98 Å². The molecule has 2 aromatic rings. The highest BCUT2D eigenvalue weighted by Gasteiger charge is 2.04. The molecule has 0 saturated carbocycles. The molecule has 0 radical (unpaired) electrons. The smallest absolute Gasteiger partial charge is 0.131 e. The summed E-state index contributed by atoms with van der Waals surface area (Å²) in [5.74, 6) is 0. The molecule has 0 aliphatic carbocycles. The quantitative estimate of drug-likeness (QED) is 0.654. The first-order valence-electron chi connectivity index (χ1n) is 3.39. The molecule has 0 atom stereocenters. The number of hydrogen-bond acceptors (Lipinski definition) is 2. The van der Waals surface area contributed by atoms with E-state index < -0.39 is 0 Å². The van der Waals surface area contributed by atoms with Gasteiger partial charge in [-0.1, -0.05) is 11.6 Å². The summed E-state index contributed by atoms with van der Waals surface area (Å²) in [5, 5.41) is 1.68. The van der Waals surface area contributed by atoms with Gasteiger partial charge in [0.15, 0.2) is 0 Å². The predicted octanol–water partition coefficient (Wildman–Crippen LogP) is 4.02. The van der Waals surface area contributed by atoms with Crippen LogP contribution in [0.15, 0.2) is 16.6 Å². The Morgan fingerprint density at radius 3 is 3.00 bits per heavy atom. The third kappa shape index (κ3) is 1.37. The second-order valence-corrected chi connectivity index (χ2v) is 4.98. The average Bonchev–Trinajstić information content (AvgIpc) is 2.29. The fourth-order valence-corrected chi connectivity index (χ4v) is 3.00. The first-order chi connectivity index (χ1) is 5.66. The molecular weight excluding hydrogens is 258 g/mol. The molecule has 0 aromatic carbocycles. The number of aromatic nitrogens is 1. The van der Waals surface area contributed by atoms with Gasteiger partial charge < -0.3 is 0 Å². The van der Waals surface area contributed by atoms with Crippen molar-refractivity contribution in [2.75, 3.05) is 0 Å². The lowest BCUT2D eigenvalue weighted by atomic mass is 10.3. The maximum atomic E-state index is 5.80. The van der Waals surface area contributed by atoms with Crippen LogP contribution in [0.25, 0.3) is 10.2 Å². The molecule has 62 valence electrons. The molecular formula is C8H5BrClNS. The van der Waals surface area contributed by atoms with Crippen molar-refractivity contribution in [3.05, 3.63) is 26.6 Å². The maximum absolute atomic E-state index is 5.80. The summed E-state index contributed by atoms with van der Waals surface area (Å²) in [6.07, 6.45) is 0. The molecule has 0 fully saturated rings. The zero-order valence-corrected chi connectivity index (χ0v) is 9.42. The van der Waals surface area contributed by atoms with Crippen molar-refractivity contribution in [2.24, 2.45) is 0 Å². The Bertz CT molecular complexity index is 438. The Morgan fingerprint density at radius 1 is 1.50 bits per heavy atom. The van der Waals surface area contributed by atoms with Gasteiger partial charge in [0.1, 0.15) is 9.98 Å². The van der Waals surface area contributed by atoms with Crippen molar-refractivity contribution in [3.63, 3.8) is 0 Å². The van der Waals surface area contributed by atoms with Crippen LogP contribution in [0.5, 0.6) is 0 Å². The molecule has 1 nitrogen and oxygen atoms in total. The van der Waals surface area contributed by atoms with E-state index in [1.807, 2.05) is 6.07 Å². The molecule has 0 N–H and O–H groups in total. The van der Waals surface area contributed by atoms with E-state index in [0.29, 0.717) is 5.15 Å². The van der Waals surface area contributed by atoms with Crippen molar-refractivity contribution in [1.82, 2.24) is 4.98 Å². The van der Waals surface area contributed by atoms with Crippen LogP contribution in [0.4, 0.5) is 0 Å². The third-order valence-corrected chi connectivity index (χ3v) is 3.34. The van der Waals surface area contributed by atoms with Crippen LogP contribution >= 0.6 is 38.9 Å². The first-order valence-corrected chi connectivity index (χ1v) is 5.38. The van der Waals surface area contributed by atoms with Gasteiger partial charge in [0.25, 0.3) is 0 Å². The van der Waals surface area contributed by atoms with Crippen LogP contribution < -0.4 is 0 Å². The van der Waals surface area contributed by atoms with E-state index in [1.54, 1.807) is 11.3 Å². The second-order valence-electron chi connectivity index (χ2n) is 2.50. The maximum Gasteiger partial charge on any atom is 0.131 e. The molecule has 2 heterocycles. The Kier molecular flexibility index (Phi) is 2.10. The standard InChI is InChI=1S/C8H5BrClNS/c1-4-2-5-6(9)3-7(10)11-8(5)12-4/h2-3H,1H3. The molecule has 2 rings (SSSR count). The molecule has 0 aliphatic heterocycles. The van der Waals surface area contributed by atoms with Crippen LogP contribution in [-0.2, 0) is 0 Å². The zero-order valence-electron chi connectivity index (χ0n) is 6.27. The van der Waals surface area contributed by atoms with Gasteiger partial charge in [-0.15, -0.1) is 11.3 Å². The van der Waals surface area contributed by atoms with Gasteiger partial charge in [-0.3, -0.25) is 0 Å². The fourth-order valence-electron chi connectivity index (χ4n) is 1.07. The van der Waals surface area contributed by atoms with Crippen molar-refractivity contribution in [3.8, 4) is 0 Å². The van der Waals surface area contributed by atoms with E-state index in [1.165, 1.54) is 4.88 Å². The highest BCUT2D eigenvalue weighted by atomic mass is 79.9. The number of hydrogen-bond donors (Lipinski definition) is 0. The van der Waals surface area contributed by atoms with E-state index in [9.17, 15) is 0 Å². The summed E-state index contributed by atoms with van der Waals surface area (Å²) in [6.45, 7) is 2.06. The molecule has 0 saturated heterocycles. The summed E-state index contributed by atoms with van der Waals surface area (Å²) in [7, 11) is 0. The monoisotopic (exact) mass is 261 g/mol. The lowest BCUT2D eigenvalue weighted by Gasteiger charge is -1.93. The van der Waals surface area contributed by atoms with Gasteiger partial charge in [-0.2, -0.15) is 0 Å². The minimum Gasteiger partial charge on any atom is -0.225 e. The Morgan fingerprint density at radius 2 is 2.25 bits per heavy atom. The zero-order chi connectivity index (χ0) is 8.72. The van der Waals surface area contributed by atoms with Crippen LogP contribution in [0.1, 0.15) is 4.88 Å². The Labute approximate surface area is 87.5 Å². The highest BCUT2D eigenvalue weighted by molar-refractivity contribution is 9.10. The van der Waals surface area contributed by atoms with Crippen LogP contribution in [0.3, 0.4) is 0 Å². The lowest BCUT2D eigenvalue weighted by Crippen LogP contribution is -1.74. The van der Waals surface area contributed by atoms with Crippen molar-refractivity contribution < 1.29 is 0 Å². The number of aryl methyl sites for hydroxylation is 1. The molecule has 0 aliphatic rings. The minimum atomic E-state index is 0.538. The highest BCUT2D eigenvalue weighted by Crippen LogP contribution is 2.31. The SMILES string of the molecule is Cc1cc2c(Br)cc(Cl)nc2s1. The third-order valence-electron chi connectivity index (χ3n) is 1.55. The number of halogens is 2. The number of thiophene rings is 1. The minimum absolute atomic E-state index is 0.538. The lowest BCUT2D eigenvalue weighted by molar-refractivity contribution is 1.43. The van der Waals surface area contributed by atoms with Crippen molar-refractivity contribution in [1.29, 1.82) is 0 Å².